The van der Waals surface area contributed by atoms with Crippen molar-refractivity contribution in [3.05, 3.63) is 39.3 Å². The SMILES string of the molecule is Cc1ccc(=O)n(Cc2csc(N)n2)n1. The van der Waals surface area contributed by atoms with E-state index in [2.05, 4.69) is 10.1 Å². The topological polar surface area (TPSA) is 73.8 Å². The van der Waals surface area contributed by atoms with Crippen molar-refractivity contribution in [1.29, 1.82) is 0 Å². The van der Waals surface area contributed by atoms with E-state index in [4.69, 9.17) is 5.73 Å². The third-order valence-corrected chi connectivity index (χ3v) is 2.60. The molecular formula is C9H10N4OS. The molecule has 2 rings (SSSR count). The van der Waals surface area contributed by atoms with E-state index in [1.807, 2.05) is 12.3 Å². The number of nitrogen functional groups attached to an aromatic ring is 1. The second-order valence-electron chi connectivity index (χ2n) is 3.15. The van der Waals surface area contributed by atoms with Crippen LogP contribution in [0.1, 0.15) is 11.4 Å². The number of anilines is 1. The minimum absolute atomic E-state index is 0.132. The summed E-state index contributed by atoms with van der Waals surface area (Å²) in [6.07, 6.45) is 0. The van der Waals surface area contributed by atoms with E-state index in [0.717, 1.165) is 11.4 Å². The highest BCUT2D eigenvalue weighted by Crippen LogP contribution is 2.11. The predicted octanol–water partition coefficient (Wildman–Crippen LogP) is 0.639. The summed E-state index contributed by atoms with van der Waals surface area (Å²) >= 11 is 1.36. The van der Waals surface area contributed by atoms with Crippen LogP contribution >= 0.6 is 11.3 Å². The van der Waals surface area contributed by atoms with Gasteiger partial charge in [-0.25, -0.2) is 9.67 Å². The smallest absolute Gasteiger partial charge is 0.267 e. The number of aryl methyl sites for hydroxylation is 1. The molecule has 0 atom stereocenters. The normalized spacial score (nSPS) is 10.5. The minimum Gasteiger partial charge on any atom is -0.375 e. The van der Waals surface area contributed by atoms with Crippen molar-refractivity contribution in [1.82, 2.24) is 14.8 Å². The van der Waals surface area contributed by atoms with Crippen LogP contribution in [0.4, 0.5) is 5.13 Å². The van der Waals surface area contributed by atoms with Gasteiger partial charge >= 0.3 is 0 Å². The van der Waals surface area contributed by atoms with Crippen molar-refractivity contribution >= 4 is 16.5 Å². The molecule has 0 aliphatic carbocycles. The van der Waals surface area contributed by atoms with Crippen molar-refractivity contribution in [3.8, 4) is 0 Å². The Kier molecular flexibility index (Phi) is 2.51. The van der Waals surface area contributed by atoms with Crippen LogP contribution in [0.15, 0.2) is 22.3 Å². The van der Waals surface area contributed by atoms with Crippen molar-refractivity contribution in [2.75, 3.05) is 5.73 Å². The molecule has 0 saturated heterocycles. The highest BCUT2D eigenvalue weighted by Gasteiger charge is 2.02. The number of hydrogen-bond acceptors (Lipinski definition) is 5. The van der Waals surface area contributed by atoms with Crippen LogP contribution in [-0.4, -0.2) is 14.8 Å². The van der Waals surface area contributed by atoms with Crippen molar-refractivity contribution in [2.45, 2.75) is 13.5 Å². The van der Waals surface area contributed by atoms with Gasteiger partial charge in [0.05, 0.1) is 17.9 Å². The summed E-state index contributed by atoms with van der Waals surface area (Å²) in [6.45, 7) is 2.21. The molecule has 0 saturated carbocycles. The molecule has 15 heavy (non-hydrogen) atoms. The van der Waals surface area contributed by atoms with E-state index in [-0.39, 0.29) is 5.56 Å². The highest BCUT2D eigenvalue weighted by molar-refractivity contribution is 7.13. The molecule has 2 N–H and O–H groups in total. The van der Waals surface area contributed by atoms with E-state index in [1.54, 1.807) is 6.07 Å². The van der Waals surface area contributed by atoms with E-state index in [9.17, 15) is 4.79 Å². The summed E-state index contributed by atoms with van der Waals surface area (Å²) in [5, 5.41) is 6.44. The number of rotatable bonds is 2. The summed E-state index contributed by atoms with van der Waals surface area (Å²) in [7, 11) is 0. The molecule has 0 aromatic carbocycles. The Hall–Kier alpha value is -1.69. The minimum atomic E-state index is -0.132. The van der Waals surface area contributed by atoms with Crippen LogP contribution < -0.4 is 11.3 Å². The van der Waals surface area contributed by atoms with Gasteiger partial charge in [0.1, 0.15) is 0 Å². The zero-order chi connectivity index (χ0) is 10.8. The zero-order valence-electron chi connectivity index (χ0n) is 8.17. The lowest BCUT2D eigenvalue weighted by Gasteiger charge is -2.01. The second-order valence-corrected chi connectivity index (χ2v) is 4.04. The lowest BCUT2D eigenvalue weighted by Crippen LogP contribution is -2.23. The van der Waals surface area contributed by atoms with Gasteiger partial charge in [0, 0.05) is 11.4 Å². The Morgan fingerprint density at radius 1 is 1.53 bits per heavy atom. The molecule has 0 fully saturated rings. The van der Waals surface area contributed by atoms with Gasteiger partial charge in [-0.1, -0.05) is 0 Å². The summed E-state index contributed by atoms with van der Waals surface area (Å²) in [6, 6.07) is 3.19. The number of aromatic nitrogens is 3. The van der Waals surface area contributed by atoms with Crippen LogP contribution in [0, 0.1) is 6.92 Å². The van der Waals surface area contributed by atoms with E-state index in [1.165, 1.54) is 22.1 Å². The molecule has 0 spiro atoms. The lowest BCUT2D eigenvalue weighted by molar-refractivity contribution is 0.620. The van der Waals surface area contributed by atoms with Gasteiger partial charge in [-0.15, -0.1) is 11.3 Å². The van der Waals surface area contributed by atoms with E-state index in [0.29, 0.717) is 11.7 Å². The molecule has 78 valence electrons. The molecule has 0 amide bonds. The van der Waals surface area contributed by atoms with Crippen LogP contribution in [0.25, 0.3) is 0 Å². The first kappa shape index (κ1) is 9.85. The van der Waals surface area contributed by atoms with Crippen molar-refractivity contribution in [3.63, 3.8) is 0 Å². The lowest BCUT2D eigenvalue weighted by atomic mass is 10.4. The predicted molar refractivity (Wildman–Crippen MR) is 58.9 cm³/mol. The summed E-state index contributed by atoms with van der Waals surface area (Å²) in [4.78, 5) is 15.5. The average molecular weight is 222 g/mol. The fourth-order valence-electron chi connectivity index (χ4n) is 1.21. The van der Waals surface area contributed by atoms with Crippen LogP contribution in [0.3, 0.4) is 0 Å². The second kappa shape index (κ2) is 3.82. The van der Waals surface area contributed by atoms with Gasteiger partial charge in [0.25, 0.3) is 5.56 Å². The maximum Gasteiger partial charge on any atom is 0.267 e. The van der Waals surface area contributed by atoms with Gasteiger partial charge in [0.2, 0.25) is 0 Å². The maximum absolute atomic E-state index is 11.4. The highest BCUT2D eigenvalue weighted by atomic mass is 32.1. The van der Waals surface area contributed by atoms with Crippen molar-refractivity contribution < 1.29 is 0 Å². The van der Waals surface area contributed by atoms with Gasteiger partial charge < -0.3 is 5.73 Å². The molecule has 5 nitrogen and oxygen atoms in total. The Labute approximate surface area is 90.2 Å². The molecule has 2 aromatic rings. The molecule has 0 unspecified atom stereocenters. The zero-order valence-corrected chi connectivity index (χ0v) is 8.99. The van der Waals surface area contributed by atoms with E-state index >= 15 is 0 Å². The Bertz CT molecular complexity index is 531. The fraction of sp³-hybridized carbons (Fsp3) is 0.222. The van der Waals surface area contributed by atoms with Gasteiger partial charge in [-0.3, -0.25) is 4.79 Å². The van der Waals surface area contributed by atoms with Crippen LogP contribution in [0.2, 0.25) is 0 Å². The van der Waals surface area contributed by atoms with Crippen LogP contribution in [-0.2, 0) is 6.54 Å². The number of nitrogens with two attached hydrogens (primary N) is 1. The molecule has 0 radical (unpaired) electrons. The fourth-order valence-corrected chi connectivity index (χ4v) is 1.77. The Morgan fingerprint density at radius 2 is 2.33 bits per heavy atom. The van der Waals surface area contributed by atoms with Gasteiger partial charge in [-0.05, 0) is 13.0 Å². The molecule has 0 aliphatic rings. The largest absolute Gasteiger partial charge is 0.375 e. The Morgan fingerprint density at radius 3 is 3.00 bits per heavy atom. The average Bonchev–Trinajstić information content (AvgIpc) is 2.58. The van der Waals surface area contributed by atoms with Crippen LogP contribution in [0.5, 0.6) is 0 Å². The third-order valence-electron chi connectivity index (χ3n) is 1.88. The number of thiazole rings is 1. The number of nitrogens with zero attached hydrogens (tertiary/aromatic N) is 3. The molecule has 2 aromatic heterocycles. The first-order valence-electron chi connectivity index (χ1n) is 4.40. The number of hydrogen-bond donors (Lipinski definition) is 1. The quantitative estimate of drug-likeness (QED) is 0.809. The standard InChI is InChI=1S/C9H10N4OS/c1-6-2-3-8(14)13(12-6)4-7-5-15-9(10)11-7/h2-3,5H,4H2,1H3,(H2,10,11). The van der Waals surface area contributed by atoms with Crippen molar-refractivity contribution in [2.24, 2.45) is 0 Å². The van der Waals surface area contributed by atoms with Gasteiger partial charge in [0.15, 0.2) is 5.13 Å². The molecule has 6 heteroatoms. The summed E-state index contributed by atoms with van der Waals surface area (Å²) in [5.41, 5.74) is 6.93. The summed E-state index contributed by atoms with van der Waals surface area (Å²) in [5.74, 6) is 0. The first-order chi connectivity index (χ1) is 7.15. The Balaban J connectivity index is 2.31. The molecule has 0 aliphatic heterocycles. The molecule has 0 bridgehead atoms. The first-order valence-corrected chi connectivity index (χ1v) is 5.28. The third kappa shape index (κ3) is 2.21. The monoisotopic (exact) mass is 222 g/mol. The molecular weight excluding hydrogens is 212 g/mol. The molecule has 2 heterocycles. The van der Waals surface area contributed by atoms with E-state index < -0.39 is 0 Å². The van der Waals surface area contributed by atoms with Gasteiger partial charge in [-0.2, -0.15) is 5.10 Å². The maximum atomic E-state index is 11.4. The summed E-state index contributed by atoms with van der Waals surface area (Å²) < 4.78 is 1.38.